The molecule has 0 radical (unpaired) electrons. The number of hydrogen-bond donors (Lipinski definition) is 2. The predicted octanol–water partition coefficient (Wildman–Crippen LogP) is 2.71. The number of carboxylic acids is 1. The summed E-state index contributed by atoms with van der Waals surface area (Å²) in [5.41, 5.74) is 1.20. The van der Waals surface area contributed by atoms with Crippen molar-refractivity contribution in [3.8, 4) is 5.75 Å². The van der Waals surface area contributed by atoms with Gasteiger partial charge in [-0.25, -0.2) is 17.6 Å². The van der Waals surface area contributed by atoms with E-state index in [0.29, 0.717) is 11.1 Å². The van der Waals surface area contributed by atoms with E-state index >= 15 is 0 Å². The molecule has 8 heteroatoms. The zero-order valence-corrected chi connectivity index (χ0v) is 13.9. The standard InChI is InChI=1S/C16H16FNO5S/c1-10-3-4-12(17)8-14(10)18-24(21,22)13-5-6-15(11(2)7-13)23-9-16(19)20/h3-8,18H,9H2,1-2H3,(H,19,20). The summed E-state index contributed by atoms with van der Waals surface area (Å²) >= 11 is 0. The predicted molar refractivity (Wildman–Crippen MR) is 86.3 cm³/mol. The Hall–Kier alpha value is -2.61. The van der Waals surface area contributed by atoms with E-state index in [0.717, 1.165) is 6.07 Å². The van der Waals surface area contributed by atoms with E-state index in [2.05, 4.69) is 4.72 Å². The van der Waals surface area contributed by atoms with Gasteiger partial charge >= 0.3 is 5.97 Å². The van der Waals surface area contributed by atoms with Crippen LogP contribution < -0.4 is 9.46 Å². The van der Waals surface area contributed by atoms with Crippen LogP contribution in [0.5, 0.6) is 5.75 Å². The van der Waals surface area contributed by atoms with Crippen molar-refractivity contribution in [2.24, 2.45) is 0 Å². The van der Waals surface area contributed by atoms with Gasteiger partial charge in [-0.1, -0.05) is 6.07 Å². The van der Waals surface area contributed by atoms with Crippen molar-refractivity contribution < 1.29 is 27.4 Å². The quantitative estimate of drug-likeness (QED) is 0.833. The number of nitrogens with one attached hydrogen (secondary N) is 1. The van der Waals surface area contributed by atoms with Crippen molar-refractivity contribution in [2.45, 2.75) is 18.7 Å². The van der Waals surface area contributed by atoms with E-state index in [1.807, 2.05) is 0 Å². The molecule has 128 valence electrons. The van der Waals surface area contributed by atoms with E-state index in [4.69, 9.17) is 9.84 Å². The van der Waals surface area contributed by atoms with E-state index in [-0.39, 0.29) is 16.3 Å². The second-order valence-electron chi connectivity index (χ2n) is 5.17. The van der Waals surface area contributed by atoms with Crippen LogP contribution in [0.15, 0.2) is 41.3 Å². The van der Waals surface area contributed by atoms with Crippen LogP contribution in [0, 0.1) is 19.7 Å². The monoisotopic (exact) mass is 353 g/mol. The minimum Gasteiger partial charge on any atom is -0.482 e. The summed E-state index contributed by atoms with van der Waals surface area (Å²) < 4.78 is 45.5. The number of ether oxygens (including phenoxy) is 1. The molecular formula is C16H16FNO5S. The molecule has 0 saturated heterocycles. The molecule has 0 saturated carbocycles. The summed E-state index contributed by atoms with van der Waals surface area (Å²) in [5, 5.41) is 8.60. The Labute approximate surface area is 138 Å². The minimum absolute atomic E-state index is 0.0358. The van der Waals surface area contributed by atoms with E-state index in [1.54, 1.807) is 13.8 Å². The fraction of sp³-hybridized carbons (Fsp3) is 0.188. The van der Waals surface area contributed by atoms with Crippen LogP contribution in [0.4, 0.5) is 10.1 Å². The largest absolute Gasteiger partial charge is 0.482 e. The number of carboxylic acid groups (broad SMARTS) is 1. The lowest BCUT2D eigenvalue weighted by Crippen LogP contribution is -2.15. The van der Waals surface area contributed by atoms with Crippen molar-refractivity contribution in [1.29, 1.82) is 0 Å². The third-order valence-electron chi connectivity index (χ3n) is 3.25. The molecule has 2 rings (SSSR count). The molecule has 2 aromatic rings. The molecule has 2 aromatic carbocycles. The Morgan fingerprint density at radius 2 is 1.88 bits per heavy atom. The molecule has 0 atom stereocenters. The third-order valence-corrected chi connectivity index (χ3v) is 4.61. The fourth-order valence-corrected chi connectivity index (χ4v) is 3.20. The van der Waals surface area contributed by atoms with Crippen LogP contribution in [0.25, 0.3) is 0 Å². The SMILES string of the molecule is Cc1ccc(F)cc1NS(=O)(=O)c1ccc(OCC(=O)O)c(C)c1. The average molecular weight is 353 g/mol. The van der Waals surface area contributed by atoms with Gasteiger partial charge in [0.15, 0.2) is 6.61 Å². The van der Waals surface area contributed by atoms with Gasteiger partial charge in [0, 0.05) is 0 Å². The Bertz CT molecular complexity index is 880. The maximum atomic E-state index is 13.3. The molecule has 0 amide bonds. The number of carbonyl (C=O) groups is 1. The molecule has 0 aliphatic rings. The van der Waals surface area contributed by atoms with Gasteiger partial charge in [0.05, 0.1) is 10.6 Å². The van der Waals surface area contributed by atoms with Crippen LogP contribution in [0.2, 0.25) is 0 Å². The van der Waals surface area contributed by atoms with Gasteiger partial charge in [-0.15, -0.1) is 0 Å². The number of aliphatic carboxylic acids is 1. The Morgan fingerprint density at radius 3 is 2.50 bits per heavy atom. The van der Waals surface area contributed by atoms with Crippen molar-refractivity contribution in [2.75, 3.05) is 11.3 Å². The number of halogens is 1. The Balaban J connectivity index is 2.27. The van der Waals surface area contributed by atoms with Crippen LogP contribution in [-0.4, -0.2) is 26.1 Å². The smallest absolute Gasteiger partial charge is 0.341 e. The first-order valence-corrected chi connectivity index (χ1v) is 8.41. The van der Waals surface area contributed by atoms with Gasteiger partial charge in [-0.2, -0.15) is 0 Å². The molecule has 2 N–H and O–H groups in total. The lowest BCUT2D eigenvalue weighted by molar-refractivity contribution is -0.139. The van der Waals surface area contributed by atoms with Gasteiger partial charge < -0.3 is 9.84 Å². The highest BCUT2D eigenvalue weighted by atomic mass is 32.2. The highest BCUT2D eigenvalue weighted by Crippen LogP contribution is 2.25. The summed E-state index contributed by atoms with van der Waals surface area (Å²) in [7, 11) is -3.91. The minimum atomic E-state index is -3.91. The van der Waals surface area contributed by atoms with E-state index in [9.17, 15) is 17.6 Å². The lowest BCUT2D eigenvalue weighted by Gasteiger charge is -2.13. The molecule has 0 unspecified atom stereocenters. The van der Waals surface area contributed by atoms with Crippen molar-refractivity contribution in [1.82, 2.24) is 0 Å². The molecule has 0 spiro atoms. The molecular weight excluding hydrogens is 337 g/mol. The van der Waals surface area contributed by atoms with Gasteiger partial charge in [-0.05, 0) is 55.3 Å². The number of rotatable bonds is 6. The number of anilines is 1. The van der Waals surface area contributed by atoms with Gasteiger partial charge in [0.25, 0.3) is 10.0 Å². The van der Waals surface area contributed by atoms with E-state index in [1.165, 1.54) is 30.3 Å². The molecule has 6 nitrogen and oxygen atoms in total. The average Bonchev–Trinajstić information content (AvgIpc) is 2.49. The zero-order valence-electron chi connectivity index (χ0n) is 13.0. The fourth-order valence-electron chi connectivity index (χ4n) is 2.00. The van der Waals surface area contributed by atoms with Gasteiger partial charge in [0.2, 0.25) is 0 Å². The first kappa shape index (κ1) is 17.7. The summed E-state index contributed by atoms with van der Waals surface area (Å²) in [5.74, 6) is -1.40. The number of sulfonamides is 1. The molecule has 0 aliphatic carbocycles. The van der Waals surface area contributed by atoms with Crippen LogP contribution in [0.3, 0.4) is 0 Å². The Kier molecular flexibility index (Phi) is 5.08. The first-order chi connectivity index (χ1) is 11.2. The van der Waals surface area contributed by atoms with Gasteiger partial charge in [-0.3, -0.25) is 4.72 Å². The number of aryl methyl sites for hydroxylation is 2. The normalized spacial score (nSPS) is 11.1. The van der Waals surface area contributed by atoms with Crippen LogP contribution in [-0.2, 0) is 14.8 Å². The molecule has 0 aromatic heterocycles. The number of hydrogen-bond acceptors (Lipinski definition) is 4. The lowest BCUT2D eigenvalue weighted by atomic mass is 10.2. The second-order valence-corrected chi connectivity index (χ2v) is 6.86. The molecule has 24 heavy (non-hydrogen) atoms. The van der Waals surface area contributed by atoms with Crippen molar-refractivity contribution >= 4 is 21.7 Å². The van der Waals surface area contributed by atoms with Crippen LogP contribution >= 0.6 is 0 Å². The van der Waals surface area contributed by atoms with Crippen molar-refractivity contribution in [3.63, 3.8) is 0 Å². The summed E-state index contributed by atoms with van der Waals surface area (Å²) in [6.45, 7) is 2.74. The highest BCUT2D eigenvalue weighted by Gasteiger charge is 2.17. The maximum absolute atomic E-state index is 13.3. The highest BCUT2D eigenvalue weighted by molar-refractivity contribution is 7.92. The summed E-state index contributed by atoms with van der Waals surface area (Å²) in [6.07, 6.45) is 0. The second kappa shape index (κ2) is 6.88. The summed E-state index contributed by atoms with van der Waals surface area (Å²) in [4.78, 5) is 10.5. The molecule has 0 heterocycles. The van der Waals surface area contributed by atoms with Gasteiger partial charge in [0.1, 0.15) is 11.6 Å². The zero-order chi connectivity index (χ0) is 17.9. The third kappa shape index (κ3) is 4.23. The molecule has 0 fully saturated rings. The topological polar surface area (TPSA) is 92.7 Å². The van der Waals surface area contributed by atoms with Crippen molar-refractivity contribution in [3.05, 3.63) is 53.3 Å². The van der Waals surface area contributed by atoms with E-state index < -0.39 is 28.4 Å². The van der Waals surface area contributed by atoms with Crippen LogP contribution in [0.1, 0.15) is 11.1 Å². The summed E-state index contributed by atoms with van der Waals surface area (Å²) in [6, 6.07) is 7.85. The number of benzene rings is 2. The maximum Gasteiger partial charge on any atom is 0.341 e. The first-order valence-electron chi connectivity index (χ1n) is 6.93. The molecule has 0 aliphatic heterocycles. The molecule has 0 bridgehead atoms. The Morgan fingerprint density at radius 1 is 1.17 bits per heavy atom.